The lowest BCUT2D eigenvalue weighted by Crippen LogP contribution is -1.80. The Kier molecular flexibility index (Phi) is 9.06. The van der Waals surface area contributed by atoms with E-state index in [2.05, 4.69) is 19.5 Å². The highest BCUT2D eigenvalue weighted by Crippen LogP contribution is 1.79. The van der Waals surface area contributed by atoms with Crippen LogP contribution >= 0.6 is 0 Å². The summed E-state index contributed by atoms with van der Waals surface area (Å²) in [5, 5.41) is 0. The van der Waals surface area contributed by atoms with Crippen molar-refractivity contribution in [1.29, 1.82) is 0 Å². The lowest BCUT2D eigenvalue weighted by molar-refractivity contribution is 0.361. The van der Waals surface area contributed by atoms with Crippen LogP contribution in [-0.2, 0) is 9.47 Å². The van der Waals surface area contributed by atoms with Crippen LogP contribution in [0.1, 0.15) is 13.8 Å². The first kappa shape index (κ1) is 10.9. The fourth-order valence-electron chi connectivity index (χ4n) is 0.527. The summed E-state index contributed by atoms with van der Waals surface area (Å²) in [6.07, 6.45) is 2.97. The monoisotopic (exact) mass is 172 g/mol. The van der Waals surface area contributed by atoms with Crippen molar-refractivity contribution >= 4 is 12.8 Å². The molecule has 0 saturated heterocycles. The van der Waals surface area contributed by atoms with Crippen LogP contribution in [-0.4, -0.2) is 39.1 Å². The summed E-state index contributed by atoms with van der Waals surface area (Å²) in [7, 11) is 0. The van der Waals surface area contributed by atoms with E-state index >= 15 is 0 Å². The standard InChI is InChI=1S/2C3H5NO.C2H6/c2*1-2-5-3-4-1;1-2/h2*3H,1-2H2;1-2H3. The van der Waals surface area contributed by atoms with Gasteiger partial charge in [0.25, 0.3) is 0 Å². The fourth-order valence-corrected chi connectivity index (χ4v) is 0.527. The van der Waals surface area contributed by atoms with Gasteiger partial charge in [-0.25, -0.2) is 0 Å². The molecule has 4 nitrogen and oxygen atoms in total. The molecule has 0 radical (unpaired) electrons. The third-order valence-electron chi connectivity index (χ3n) is 0.975. The lowest BCUT2D eigenvalue weighted by Gasteiger charge is -1.76. The average molecular weight is 172 g/mol. The van der Waals surface area contributed by atoms with Crippen molar-refractivity contribution in [3.05, 3.63) is 0 Å². The molecule has 2 aliphatic rings. The van der Waals surface area contributed by atoms with Gasteiger partial charge in [-0.1, -0.05) is 13.8 Å². The van der Waals surface area contributed by atoms with Gasteiger partial charge in [-0.3, -0.25) is 9.98 Å². The van der Waals surface area contributed by atoms with Gasteiger partial charge >= 0.3 is 0 Å². The summed E-state index contributed by atoms with van der Waals surface area (Å²) in [6, 6.07) is 0. The molecule has 0 aromatic carbocycles. The van der Waals surface area contributed by atoms with Gasteiger partial charge in [0.05, 0.1) is 13.1 Å². The number of nitrogens with zero attached hydrogens (tertiary/aromatic N) is 2. The zero-order valence-electron chi connectivity index (χ0n) is 7.69. The summed E-state index contributed by atoms with van der Waals surface area (Å²) in [6.45, 7) is 7.25. The van der Waals surface area contributed by atoms with Gasteiger partial charge < -0.3 is 9.47 Å². The van der Waals surface area contributed by atoms with E-state index in [9.17, 15) is 0 Å². The Morgan fingerprint density at radius 2 is 1.33 bits per heavy atom. The van der Waals surface area contributed by atoms with Gasteiger partial charge in [0.1, 0.15) is 13.2 Å². The number of rotatable bonds is 0. The highest BCUT2D eigenvalue weighted by Gasteiger charge is 1.85. The Morgan fingerprint density at radius 3 is 1.42 bits per heavy atom. The van der Waals surface area contributed by atoms with E-state index in [4.69, 9.17) is 0 Å². The summed E-state index contributed by atoms with van der Waals surface area (Å²) in [4.78, 5) is 7.47. The first-order valence-corrected chi connectivity index (χ1v) is 4.20. The van der Waals surface area contributed by atoms with E-state index < -0.39 is 0 Å². The van der Waals surface area contributed by atoms with Crippen LogP contribution in [0.15, 0.2) is 9.98 Å². The SMILES string of the molecule is C1=NCCO1.C1=NCCO1.CC. The Labute approximate surface area is 73.3 Å². The number of hydrogen-bond acceptors (Lipinski definition) is 4. The second-order valence-corrected chi connectivity index (χ2v) is 1.76. The first-order valence-electron chi connectivity index (χ1n) is 4.20. The molecule has 0 N–H and O–H groups in total. The minimum absolute atomic E-state index is 0.778. The molecule has 0 bridgehead atoms. The molecule has 0 saturated carbocycles. The second-order valence-electron chi connectivity index (χ2n) is 1.76. The molecule has 70 valence electrons. The number of ether oxygens (including phenoxy) is 2. The summed E-state index contributed by atoms with van der Waals surface area (Å²) in [5.74, 6) is 0. The molecular formula is C8H16N2O2. The van der Waals surface area contributed by atoms with Crippen LogP contribution in [0.2, 0.25) is 0 Å². The van der Waals surface area contributed by atoms with Gasteiger partial charge in [0.2, 0.25) is 0 Å². The van der Waals surface area contributed by atoms with Crippen LogP contribution in [0.5, 0.6) is 0 Å². The lowest BCUT2D eigenvalue weighted by atomic mass is 10.8. The zero-order chi connectivity index (χ0) is 9.07. The molecule has 2 heterocycles. The molecule has 0 unspecified atom stereocenters. The topological polar surface area (TPSA) is 43.2 Å². The van der Waals surface area contributed by atoms with Crippen molar-refractivity contribution in [1.82, 2.24) is 0 Å². The zero-order valence-corrected chi connectivity index (χ0v) is 7.69. The molecule has 12 heavy (non-hydrogen) atoms. The van der Waals surface area contributed by atoms with E-state index in [1.807, 2.05) is 13.8 Å². The Hall–Kier alpha value is -1.06. The molecule has 2 aliphatic heterocycles. The first-order chi connectivity index (χ1) is 6.00. The van der Waals surface area contributed by atoms with E-state index in [-0.39, 0.29) is 0 Å². The molecule has 0 aliphatic carbocycles. The Bertz CT molecular complexity index is 107. The van der Waals surface area contributed by atoms with E-state index in [0.29, 0.717) is 0 Å². The Balaban J connectivity index is 0.000000168. The predicted molar refractivity (Wildman–Crippen MR) is 50.0 cm³/mol. The predicted octanol–water partition coefficient (Wildman–Crippen LogP) is 1.12. The molecule has 0 aromatic heterocycles. The summed E-state index contributed by atoms with van der Waals surface area (Å²) in [5.41, 5.74) is 0. The third kappa shape index (κ3) is 7.05. The van der Waals surface area contributed by atoms with Crippen molar-refractivity contribution < 1.29 is 9.47 Å². The molecule has 0 spiro atoms. The quantitative estimate of drug-likeness (QED) is 0.549. The van der Waals surface area contributed by atoms with Crippen LogP contribution in [0.3, 0.4) is 0 Å². The maximum absolute atomic E-state index is 4.65. The maximum atomic E-state index is 4.65. The van der Waals surface area contributed by atoms with Crippen molar-refractivity contribution in [2.45, 2.75) is 13.8 Å². The van der Waals surface area contributed by atoms with Crippen molar-refractivity contribution in [3.63, 3.8) is 0 Å². The fraction of sp³-hybridized carbons (Fsp3) is 0.750. The van der Waals surface area contributed by atoms with Gasteiger partial charge in [0, 0.05) is 0 Å². The van der Waals surface area contributed by atoms with Gasteiger partial charge in [-0.05, 0) is 0 Å². The largest absolute Gasteiger partial charge is 0.482 e. The highest BCUT2D eigenvalue weighted by molar-refractivity contribution is 5.48. The molecule has 0 amide bonds. The molecular weight excluding hydrogens is 156 g/mol. The van der Waals surface area contributed by atoms with Gasteiger partial charge in [0.15, 0.2) is 12.8 Å². The van der Waals surface area contributed by atoms with Crippen LogP contribution < -0.4 is 0 Å². The normalized spacial score (nSPS) is 16.5. The van der Waals surface area contributed by atoms with Crippen LogP contribution in [0, 0.1) is 0 Å². The van der Waals surface area contributed by atoms with Crippen molar-refractivity contribution in [3.8, 4) is 0 Å². The van der Waals surface area contributed by atoms with Crippen molar-refractivity contribution in [2.24, 2.45) is 9.98 Å². The average Bonchev–Trinajstić information content (AvgIpc) is 2.87. The third-order valence-corrected chi connectivity index (χ3v) is 0.975. The molecule has 4 heteroatoms. The number of aliphatic imine (C=N–C) groups is 2. The van der Waals surface area contributed by atoms with E-state index in [0.717, 1.165) is 26.3 Å². The van der Waals surface area contributed by atoms with Gasteiger partial charge in [-0.2, -0.15) is 0 Å². The molecule has 0 aromatic rings. The van der Waals surface area contributed by atoms with Crippen LogP contribution in [0.25, 0.3) is 0 Å². The van der Waals surface area contributed by atoms with E-state index in [1.165, 1.54) is 12.8 Å². The van der Waals surface area contributed by atoms with Crippen LogP contribution in [0.4, 0.5) is 0 Å². The molecule has 0 atom stereocenters. The van der Waals surface area contributed by atoms with Crippen molar-refractivity contribution in [2.75, 3.05) is 26.3 Å². The summed E-state index contributed by atoms with van der Waals surface area (Å²) >= 11 is 0. The van der Waals surface area contributed by atoms with E-state index in [1.54, 1.807) is 0 Å². The highest BCUT2D eigenvalue weighted by atomic mass is 16.5. The second kappa shape index (κ2) is 9.94. The Morgan fingerprint density at radius 1 is 0.917 bits per heavy atom. The smallest absolute Gasteiger partial charge is 0.169 e. The summed E-state index contributed by atoms with van der Waals surface area (Å²) < 4.78 is 9.31. The maximum Gasteiger partial charge on any atom is 0.169 e. The minimum atomic E-state index is 0.778. The molecule has 0 fully saturated rings. The molecule has 2 rings (SSSR count). The number of hydrogen-bond donors (Lipinski definition) is 0. The minimum Gasteiger partial charge on any atom is -0.482 e. The van der Waals surface area contributed by atoms with Gasteiger partial charge in [-0.15, -0.1) is 0 Å².